The van der Waals surface area contributed by atoms with Gasteiger partial charge in [0.25, 0.3) is 0 Å². The molecule has 1 saturated heterocycles. The van der Waals surface area contributed by atoms with Gasteiger partial charge in [-0.25, -0.2) is 0 Å². The smallest absolute Gasteiger partial charge is 0.312 e. The molecule has 0 aromatic heterocycles. The van der Waals surface area contributed by atoms with E-state index in [1.807, 2.05) is 6.92 Å². The van der Waals surface area contributed by atoms with E-state index in [2.05, 4.69) is 5.32 Å². The quantitative estimate of drug-likeness (QED) is 0.489. The van der Waals surface area contributed by atoms with Crippen LogP contribution >= 0.6 is 0 Å². The Balaban J connectivity index is 2.51. The predicted octanol–water partition coefficient (Wildman–Crippen LogP) is 0.0272. The number of nitrogens with one attached hydrogen (secondary N) is 1. The number of carbonyl (C=O) groups excluding carboxylic acids is 2. The summed E-state index contributed by atoms with van der Waals surface area (Å²) >= 11 is 0. The van der Waals surface area contributed by atoms with Crippen LogP contribution in [0.15, 0.2) is 0 Å². The number of hydrogen-bond donors (Lipinski definition) is 1. The number of nitriles is 1. The van der Waals surface area contributed by atoms with Crippen molar-refractivity contribution in [1.82, 2.24) is 10.2 Å². The van der Waals surface area contributed by atoms with Gasteiger partial charge in [-0.15, -0.1) is 0 Å². The fraction of sp³-hybridized carbons (Fsp3) is 0.700. The van der Waals surface area contributed by atoms with Crippen molar-refractivity contribution in [3.8, 4) is 6.07 Å². The summed E-state index contributed by atoms with van der Waals surface area (Å²) in [7, 11) is 0. The standard InChI is InChI=1S/C10H15N3O2/c1-8-4-2-3-7-13(8)10(15)9(14)12-6-5-11/h8H,2-4,6-7H2,1H3,(H,12,14). The molecule has 5 nitrogen and oxygen atoms in total. The highest BCUT2D eigenvalue weighted by Gasteiger charge is 2.27. The van der Waals surface area contributed by atoms with Crippen LogP contribution in [0.4, 0.5) is 0 Å². The van der Waals surface area contributed by atoms with Crippen molar-refractivity contribution in [2.45, 2.75) is 32.2 Å². The van der Waals surface area contributed by atoms with Crippen molar-refractivity contribution in [3.63, 3.8) is 0 Å². The van der Waals surface area contributed by atoms with Gasteiger partial charge in [-0.05, 0) is 26.2 Å². The van der Waals surface area contributed by atoms with Gasteiger partial charge in [0.1, 0.15) is 6.54 Å². The SMILES string of the molecule is CC1CCCCN1C(=O)C(=O)NCC#N. The highest BCUT2D eigenvalue weighted by molar-refractivity contribution is 6.35. The van der Waals surface area contributed by atoms with E-state index in [0.29, 0.717) is 6.54 Å². The normalized spacial score (nSPS) is 20.5. The lowest BCUT2D eigenvalue weighted by Gasteiger charge is -2.32. The number of nitrogens with zero attached hydrogens (tertiary/aromatic N) is 2. The second-order valence-electron chi connectivity index (χ2n) is 3.68. The lowest BCUT2D eigenvalue weighted by Crippen LogP contribution is -2.49. The molecule has 1 aliphatic heterocycles. The third-order valence-electron chi connectivity index (χ3n) is 2.59. The van der Waals surface area contributed by atoms with Crippen LogP contribution in [0.2, 0.25) is 0 Å². The Kier molecular flexibility index (Phi) is 4.10. The molecule has 2 amide bonds. The summed E-state index contributed by atoms with van der Waals surface area (Å²) in [6, 6.07) is 1.89. The summed E-state index contributed by atoms with van der Waals surface area (Å²) in [4.78, 5) is 24.5. The number of carbonyl (C=O) groups is 2. The average molecular weight is 209 g/mol. The Bertz CT molecular complexity index is 296. The Labute approximate surface area is 89.0 Å². The van der Waals surface area contributed by atoms with Crippen molar-refractivity contribution >= 4 is 11.8 Å². The maximum atomic E-state index is 11.6. The number of rotatable bonds is 1. The number of hydrogen-bond acceptors (Lipinski definition) is 3. The zero-order valence-electron chi connectivity index (χ0n) is 8.82. The lowest BCUT2D eigenvalue weighted by atomic mass is 10.0. The number of piperidine rings is 1. The van der Waals surface area contributed by atoms with Crippen LogP contribution in [-0.2, 0) is 9.59 Å². The molecule has 0 spiro atoms. The third-order valence-corrected chi connectivity index (χ3v) is 2.59. The van der Waals surface area contributed by atoms with Crippen LogP contribution in [0.25, 0.3) is 0 Å². The third kappa shape index (κ3) is 2.94. The van der Waals surface area contributed by atoms with E-state index in [4.69, 9.17) is 5.26 Å². The van der Waals surface area contributed by atoms with E-state index >= 15 is 0 Å². The molecular weight excluding hydrogens is 194 g/mol. The van der Waals surface area contributed by atoms with Gasteiger partial charge in [0.2, 0.25) is 0 Å². The minimum absolute atomic E-state index is 0.118. The van der Waals surface area contributed by atoms with Crippen molar-refractivity contribution in [1.29, 1.82) is 5.26 Å². The zero-order valence-corrected chi connectivity index (χ0v) is 8.82. The fourth-order valence-electron chi connectivity index (χ4n) is 1.73. The predicted molar refractivity (Wildman–Crippen MR) is 53.6 cm³/mol. The van der Waals surface area contributed by atoms with Gasteiger partial charge in [0, 0.05) is 12.6 Å². The first-order chi connectivity index (χ1) is 7.16. The molecule has 0 radical (unpaired) electrons. The molecule has 0 aromatic carbocycles. The first kappa shape index (κ1) is 11.5. The first-order valence-electron chi connectivity index (χ1n) is 5.12. The molecule has 1 rings (SSSR count). The van der Waals surface area contributed by atoms with Crippen molar-refractivity contribution in [3.05, 3.63) is 0 Å². The molecule has 1 atom stereocenters. The highest BCUT2D eigenvalue weighted by atomic mass is 16.2. The van der Waals surface area contributed by atoms with Crippen LogP contribution in [0.5, 0.6) is 0 Å². The van der Waals surface area contributed by atoms with Gasteiger partial charge in [0.05, 0.1) is 6.07 Å². The van der Waals surface area contributed by atoms with Gasteiger partial charge in [-0.2, -0.15) is 5.26 Å². The molecule has 82 valence electrons. The largest absolute Gasteiger partial charge is 0.335 e. The van der Waals surface area contributed by atoms with Crippen LogP contribution in [-0.4, -0.2) is 35.8 Å². The monoisotopic (exact) mass is 209 g/mol. The number of likely N-dealkylation sites (tertiary alicyclic amines) is 1. The summed E-state index contributed by atoms with van der Waals surface area (Å²) in [5.74, 6) is -1.19. The van der Waals surface area contributed by atoms with Gasteiger partial charge >= 0.3 is 11.8 Å². The maximum absolute atomic E-state index is 11.6. The molecule has 0 aliphatic carbocycles. The Morgan fingerprint density at radius 2 is 2.27 bits per heavy atom. The van der Waals surface area contributed by atoms with E-state index in [-0.39, 0.29) is 12.6 Å². The van der Waals surface area contributed by atoms with Crippen molar-refractivity contribution in [2.75, 3.05) is 13.1 Å². The molecule has 0 aromatic rings. The Hall–Kier alpha value is -1.57. The van der Waals surface area contributed by atoms with Gasteiger partial charge in [-0.1, -0.05) is 0 Å². The van der Waals surface area contributed by atoms with E-state index < -0.39 is 11.8 Å². The minimum Gasteiger partial charge on any atom is -0.335 e. The van der Waals surface area contributed by atoms with Crippen LogP contribution in [0, 0.1) is 11.3 Å². The van der Waals surface area contributed by atoms with E-state index in [1.165, 1.54) is 0 Å². The van der Waals surface area contributed by atoms with Gasteiger partial charge < -0.3 is 10.2 Å². The molecular formula is C10H15N3O2. The Morgan fingerprint density at radius 3 is 2.87 bits per heavy atom. The first-order valence-corrected chi connectivity index (χ1v) is 5.12. The highest BCUT2D eigenvalue weighted by Crippen LogP contribution is 2.16. The maximum Gasteiger partial charge on any atom is 0.312 e. The van der Waals surface area contributed by atoms with E-state index in [0.717, 1.165) is 19.3 Å². The minimum atomic E-state index is -0.676. The molecule has 1 unspecified atom stereocenters. The van der Waals surface area contributed by atoms with Crippen LogP contribution in [0.1, 0.15) is 26.2 Å². The van der Waals surface area contributed by atoms with Crippen molar-refractivity contribution in [2.24, 2.45) is 0 Å². The van der Waals surface area contributed by atoms with Gasteiger partial charge in [-0.3, -0.25) is 9.59 Å². The second kappa shape index (κ2) is 5.35. The summed E-state index contributed by atoms with van der Waals surface area (Å²) in [6.45, 7) is 2.46. The molecule has 1 aliphatic rings. The lowest BCUT2D eigenvalue weighted by molar-refractivity contribution is -0.147. The van der Waals surface area contributed by atoms with E-state index in [9.17, 15) is 9.59 Å². The average Bonchev–Trinajstić information content (AvgIpc) is 2.25. The van der Waals surface area contributed by atoms with Crippen molar-refractivity contribution < 1.29 is 9.59 Å². The molecule has 1 heterocycles. The zero-order chi connectivity index (χ0) is 11.3. The summed E-state index contributed by atoms with van der Waals surface area (Å²) in [5.41, 5.74) is 0. The molecule has 1 fully saturated rings. The molecule has 1 N–H and O–H groups in total. The molecule has 0 saturated carbocycles. The topological polar surface area (TPSA) is 73.2 Å². The summed E-state index contributed by atoms with van der Waals surface area (Å²) < 4.78 is 0. The second-order valence-corrected chi connectivity index (χ2v) is 3.68. The number of amides is 2. The summed E-state index contributed by atoms with van der Waals surface area (Å²) in [5, 5.41) is 10.5. The molecule has 15 heavy (non-hydrogen) atoms. The van der Waals surface area contributed by atoms with Crippen LogP contribution < -0.4 is 5.32 Å². The van der Waals surface area contributed by atoms with Gasteiger partial charge in [0.15, 0.2) is 0 Å². The molecule has 0 bridgehead atoms. The van der Waals surface area contributed by atoms with Crippen LogP contribution in [0.3, 0.4) is 0 Å². The molecule has 5 heteroatoms. The summed E-state index contributed by atoms with van der Waals surface area (Å²) in [6.07, 6.45) is 2.99. The fourth-order valence-corrected chi connectivity index (χ4v) is 1.73. The van der Waals surface area contributed by atoms with E-state index in [1.54, 1.807) is 11.0 Å². The Morgan fingerprint density at radius 1 is 1.53 bits per heavy atom.